The normalized spacial score (nSPS) is 15.9. The summed E-state index contributed by atoms with van der Waals surface area (Å²) in [5, 5.41) is 5.50. The molecular formula is C13H17N3O2. The summed E-state index contributed by atoms with van der Waals surface area (Å²) in [6, 6.07) is 7.04. The highest BCUT2D eigenvalue weighted by atomic mass is 16.2. The van der Waals surface area contributed by atoms with Gasteiger partial charge in [0.15, 0.2) is 0 Å². The lowest BCUT2D eigenvalue weighted by atomic mass is 10.2. The summed E-state index contributed by atoms with van der Waals surface area (Å²) in [6.45, 7) is 1.78. The first kappa shape index (κ1) is 12.6. The average molecular weight is 247 g/mol. The van der Waals surface area contributed by atoms with E-state index in [4.69, 9.17) is 5.73 Å². The van der Waals surface area contributed by atoms with Crippen LogP contribution < -0.4 is 16.4 Å². The zero-order chi connectivity index (χ0) is 13.2. The molecular weight excluding hydrogens is 230 g/mol. The van der Waals surface area contributed by atoms with Crippen molar-refractivity contribution in [3.05, 3.63) is 24.3 Å². The molecule has 18 heavy (non-hydrogen) atoms. The number of nitrogens with one attached hydrogen (secondary N) is 2. The van der Waals surface area contributed by atoms with E-state index in [1.54, 1.807) is 31.2 Å². The number of carbonyl (C=O) groups is 2. The molecule has 5 heteroatoms. The molecule has 96 valence electrons. The highest BCUT2D eigenvalue weighted by molar-refractivity contribution is 6.00. The number of anilines is 2. The number of benzene rings is 1. The van der Waals surface area contributed by atoms with Gasteiger partial charge in [-0.1, -0.05) is 13.0 Å². The van der Waals surface area contributed by atoms with Crippen molar-refractivity contribution in [2.45, 2.75) is 31.7 Å². The van der Waals surface area contributed by atoms with Gasteiger partial charge in [-0.2, -0.15) is 0 Å². The summed E-state index contributed by atoms with van der Waals surface area (Å²) in [7, 11) is 0. The third-order valence-corrected chi connectivity index (χ3v) is 2.97. The van der Waals surface area contributed by atoms with Crippen LogP contribution in [0.4, 0.5) is 11.4 Å². The van der Waals surface area contributed by atoms with Gasteiger partial charge in [0.05, 0.1) is 5.54 Å². The van der Waals surface area contributed by atoms with Crippen LogP contribution in [0.25, 0.3) is 0 Å². The van der Waals surface area contributed by atoms with Gasteiger partial charge >= 0.3 is 0 Å². The van der Waals surface area contributed by atoms with E-state index in [1.165, 1.54) is 0 Å². The highest BCUT2D eigenvalue weighted by Gasteiger charge is 2.45. The third-order valence-electron chi connectivity index (χ3n) is 2.97. The molecule has 0 bridgehead atoms. The van der Waals surface area contributed by atoms with Gasteiger partial charge in [0.25, 0.3) is 0 Å². The van der Waals surface area contributed by atoms with Gasteiger partial charge in [-0.25, -0.2) is 0 Å². The quantitative estimate of drug-likeness (QED) is 0.753. The second kappa shape index (κ2) is 4.78. The molecule has 2 rings (SSSR count). The Morgan fingerprint density at radius 1 is 1.28 bits per heavy atom. The molecule has 4 N–H and O–H groups in total. The molecule has 1 fully saturated rings. The maximum Gasteiger partial charge on any atom is 0.244 e. The number of hydrogen-bond donors (Lipinski definition) is 3. The van der Waals surface area contributed by atoms with Gasteiger partial charge in [0.2, 0.25) is 11.8 Å². The van der Waals surface area contributed by atoms with E-state index in [-0.39, 0.29) is 11.8 Å². The van der Waals surface area contributed by atoms with Crippen molar-refractivity contribution in [2.75, 3.05) is 10.6 Å². The number of hydrogen-bond acceptors (Lipinski definition) is 3. The predicted molar refractivity (Wildman–Crippen MR) is 70.1 cm³/mol. The van der Waals surface area contributed by atoms with Gasteiger partial charge in [-0.15, -0.1) is 0 Å². The predicted octanol–water partition coefficient (Wildman–Crippen LogP) is 1.46. The van der Waals surface area contributed by atoms with Crippen molar-refractivity contribution in [2.24, 2.45) is 5.73 Å². The van der Waals surface area contributed by atoms with E-state index in [2.05, 4.69) is 10.6 Å². The van der Waals surface area contributed by atoms with Crippen molar-refractivity contribution in [1.82, 2.24) is 0 Å². The number of carbonyl (C=O) groups excluding carboxylic acids is 2. The van der Waals surface area contributed by atoms with Crippen LogP contribution in [0.1, 0.15) is 26.2 Å². The molecule has 5 nitrogen and oxygen atoms in total. The Bertz CT molecular complexity index is 481. The Morgan fingerprint density at radius 2 is 1.89 bits per heavy atom. The van der Waals surface area contributed by atoms with E-state index in [1.807, 2.05) is 0 Å². The van der Waals surface area contributed by atoms with Gasteiger partial charge in [0.1, 0.15) is 0 Å². The molecule has 0 unspecified atom stereocenters. The van der Waals surface area contributed by atoms with E-state index in [0.717, 1.165) is 12.8 Å². The Morgan fingerprint density at radius 3 is 2.44 bits per heavy atom. The van der Waals surface area contributed by atoms with Crippen molar-refractivity contribution < 1.29 is 9.59 Å². The first-order valence-corrected chi connectivity index (χ1v) is 6.04. The molecule has 1 aromatic carbocycles. The Kier molecular flexibility index (Phi) is 3.34. The standard InChI is InChI=1S/C13H17N3O2/c1-2-11(17)15-9-4-3-5-10(8-9)16-12(18)13(14)6-7-13/h3-5,8H,2,6-7,14H2,1H3,(H,15,17)(H,16,18). The average Bonchev–Trinajstić information content (AvgIpc) is 3.09. The largest absolute Gasteiger partial charge is 0.326 e. The molecule has 0 heterocycles. The van der Waals surface area contributed by atoms with Crippen LogP contribution in [0.5, 0.6) is 0 Å². The fourth-order valence-corrected chi connectivity index (χ4v) is 1.54. The number of nitrogens with two attached hydrogens (primary N) is 1. The SMILES string of the molecule is CCC(=O)Nc1cccc(NC(=O)C2(N)CC2)c1. The number of rotatable bonds is 4. The van der Waals surface area contributed by atoms with E-state index in [0.29, 0.717) is 17.8 Å². The minimum absolute atomic E-state index is 0.0593. The molecule has 0 radical (unpaired) electrons. The van der Waals surface area contributed by atoms with Gasteiger partial charge < -0.3 is 16.4 Å². The fraction of sp³-hybridized carbons (Fsp3) is 0.385. The smallest absolute Gasteiger partial charge is 0.244 e. The first-order valence-electron chi connectivity index (χ1n) is 6.04. The molecule has 2 amide bonds. The van der Waals surface area contributed by atoms with Crippen molar-refractivity contribution >= 4 is 23.2 Å². The fourth-order valence-electron chi connectivity index (χ4n) is 1.54. The van der Waals surface area contributed by atoms with Crippen LogP contribution in [0.15, 0.2) is 24.3 Å². The molecule has 1 aromatic rings. The molecule has 1 aliphatic carbocycles. The summed E-state index contributed by atoms with van der Waals surface area (Å²) in [4.78, 5) is 23.0. The topological polar surface area (TPSA) is 84.2 Å². The van der Waals surface area contributed by atoms with Gasteiger partial charge in [0, 0.05) is 17.8 Å². The summed E-state index contributed by atoms with van der Waals surface area (Å²) < 4.78 is 0. The Hall–Kier alpha value is -1.88. The summed E-state index contributed by atoms with van der Waals surface area (Å²) in [6.07, 6.45) is 1.87. The van der Waals surface area contributed by atoms with Crippen LogP contribution >= 0.6 is 0 Å². The molecule has 0 atom stereocenters. The monoisotopic (exact) mass is 247 g/mol. The second-order valence-electron chi connectivity index (χ2n) is 4.59. The lowest BCUT2D eigenvalue weighted by Crippen LogP contribution is -2.37. The maximum absolute atomic E-state index is 11.8. The zero-order valence-electron chi connectivity index (χ0n) is 10.3. The van der Waals surface area contributed by atoms with Gasteiger partial charge in [-0.3, -0.25) is 9.59 Å². The zero-order valence-corrected chi connectivity index (χ0v) is 10.3. The van der Waals surface area contributed by atoms with Crippen LogP contribution in [-0.2, 0) is 9.59 Å². The summed E-state index contributed by atoms with van der Waals surface area (Å²) >= 11 is 0. The lowest BCUT2D eigenvalue weighted by molar-refractivity contribution is -0.118. The summed E-state index contributed by atoms with van der Waals surface area (Å²) in [5.41, 5.74) is 6.42. The van der Waals surface area contributed by atoms with E-state index in [9.17, 15) is 9.59 Å². The van der Waals surface area contributed by atoms with E-state index >= 15 is 0 Å². The van der Waals surface area contributed by atoms with Crippen molar-refractivity contribution in [1.29, 1.82) is 0 Å². The summed E-state index contributed by atoms with van der Waals surface area (Å²) in [5.74, 6) is -0.225. The second-order valence-corrected chi connectivity index (χ2v) is 4.59. The third kappa shape index (κ3) is 2.87. The minimum Gasteiger partial charge on any atom is -0.326 e. The van der Waals surface area contributed by atoms with Crippen molar-refractivity contribution in [3.8, 4) is 0 Å². The Balaban J connectivity index is 2.03. The molecule has 0 aromatic heterocycles. The van der Waals surface area contributed by atoms with E-state index < -0.39 is 5.54 Å². The molecule has 0 saturated heterocycles. The maximum atomic E-state index is 11.8. The molecule has 1 saturated carbocycles. The lowest BCUT2D eigenvalue weighted by Gasteiger charge is -2.11. The molecule has 1 aliphatic rings. The number of amides is 2. The van der Waals surface area contributed by atoms with Crippen LogP contribution in [0, 0.1) is 0 Å². The Labute approximate surface area is 106 Å². The first-order chi connectivity index (χ1) is 8.53. The van der Waals surface area contributed by atoms with Crippen molar-refractivity contribution in [3.63, 3.8) is 0 Å². The molecule has 0 aliphatic heterocycles. The van der Waals surface area contributed by atoms with Crippen LogP contribution in [0.3, 0.4) is 0 Å². The van der Waals surface area contributed by atoms with Crippen LogP contribution in [0.2, 0.25) is 0 Å². The van der Waals surface area contributed by atoms with Crippen LogP contribution in [-0.4, -0.2) is 17.4 Å². The minimum atomic E-state index is -0.692. The van der Waals surface area contributed by atoms with Gasteiger partial charge in [-0.05, 0) is 31.0 Å². The molecule has 0 spiro atoms. The highest BCUT2D eigenvalue weighted by Crippen LogP contribution is 2.33.